The van der Waals surface area contributed by atoms with Crippen molar-refractivity contribution in [2.24, 2.45) is 0 Å². The minimum Gasteiger partial charge on any atom is -0.396 e. The molecule has 0 aromatic heterocycles. The maximum absolute atomic E-state index is 9.13. The molecule has 3 heteroatoms. The Bertz CT molecular complexity index is 363. The number of benzene rings is 1. The first kappa shape index (κ1) is 13.4. The van der Waals surface area contributed by atoms with Crippen LogP contribution in [0.25, 0.3) is 0 Å². The largest absolute Gasteiger partial charge is 0.396 e. The van der Waals surface area contributed by atoms with Crippen LogP contribution in [0.3, 0.4) is 0 Å². The average molecular weight is 248 g/mol. The highest BCUT2D eigenvalue weighted by Crippen LogP contribution is 2.19. The van der Waals surface area contributed by atoms with Crippen LogP contribution in [0.1, 0.15) is 25.3 Å². The molecule has 1 aromatic rings. The van der Waals surface area contributed by atoms with Crippen molar-refractivity contribution in [2.75, 3.05) is 24.6 Å². The lowest BCUT2D eigenvalue weighted by atomic mass is 10.1. The van der Waals surface area contributed by atoms with Crippen molar-refractivity contribution in [2.45, 2.75) is 38.8 Å². The molecule has 0 bridgehead atoms. The predicted molar refractivity (Wildman–Crippen MR) is 76.1 cm³/mol. The zero-order chi connectivity index (χ0) is 13.0. The molecule has 1 aromatic carbocycles. The Kier molecular flexibility index (Phi) is 4.61. The zero-order valence-electron chi connectivity index (χ0n) is 11.4. The topological polar surface area (TPSA) is 35.5 Å². The maximum atomic E-state index is 9.13. The normalized spacial score (nSPS) is 24.9. The lowest BCUT2D eigenvalue weighted by Gasteiger charge is -2.26. The third-order valence-corrected chi connectivity index (χ3v) is 3.67. The van der Waals surface area contributed by atoms with Crippen LogP contribution in [-0.4, -0.2) is 36.9 Å². The Labute approximate surface area is 110 Å². The van der Waals surface area contributed by atoms with Gasteiger partial charge in [0.15, 0.2) is 0 Å². The quantitative estimate of drug-likeness (QED) is 0.858. The monoisotopic (exact) mass is 248 g/mol. The van der Waals surface area contributed by atoms with Gasteiger partial charge in [-0.05, 0) is 38.8 Å². The molecule has 2 unspecified atom stereocenters. The summed E-state index contributed by atoms with van der Waals surface area (Å²) < 4.78 is 0. The fourth-order valence-corrected chi connectivity index (χ4v) is 2.57. The highest BCUT2D eigenvalue weighted by molar-refractivity contribution is 5.47. The third kappa shape index (κ3) is 3.47. The first-order valence-corrected chi connectivity index (χ1v) is 6.87. The molecule has 2 N–H and O–H groups in total. The van der Waals surface area contributed by atoms with E-state index in [2.05, 4.69) is 48.3 Å². The van der Waals surface area contributed by atoms with E-state index in [9.17, 15) is 0 Å². The second-order valence-electron chi connectivity index (χ2n) is 5.35. The number of anilines is 1. The lowest BCUT2D eigenvalue weighted by Crippen LogP contribution is -2.40. The molecule has 3 nitrogen and oxygen atoms in total. The number of hydrogen-bond acceptors (Lipinski definition) is 3. The second kappa shape index (κ2) is 6.21. The summed E-state index contributed by atoms with van der Waals surface area (Å²) in [5, 5.41) is 12.7. The Balaban J connectivity index is 2.09. The number of aliphatic hydroxyl groups is 1. The summed E-state index contributed by atoms with van der Waals surface area (Å²) in [5.74, 6) is 0. The van der Waals surface area contributed by atoms with E-state index < -0.39 is 0 Å². The summed E-state index contributed by atoms with van der Waals surface area (Å²) in [4.78, 5) is 2.43. The summed E-state index contributed by atoms with van der Waals surface area (Å²) in [6, 6.07) is 9.63. The standard InChI is InChI=1S/C15H24N2O/c1-12-3-5-15(6-4-12)17-9-7-13(2)16-14(11-17)8-10-18/h3-6,13-14,16,18H,7-11H2,1-2H3. The van der Waals surface area contributed by atoms with Crippen LogP contribution in [0.2, 0.25) is 0 Å². The van der Waals surface area contributed by atoms with Gasteiger partial charge in [-0.3, -0.25) is 0 Å². The molecule has 100 valence electrons. The van der Waals surface area contributed by atoms with Crippen molar-refractivity contribution in [3.05, 3.63) is 29.8 Å². The number of hydrogen-bond donors (Lipinski definition) is 2. The Morgan fingerprint density at radius 3 is 2.72 bits per heavy atom. The van der Waals surface area contributed by atoms with Crippen LogP contribution in [0.15, 0.2) is 24.3 Å². The molecular formula is C15H24N2O. The fraction of sp³-hybridized carbons (Fsp3) is 0.600. The summed E-state index contributed by atoms with van der Waals surface area (Å²) in [7, 11) is 0. The highest BCUT2D eigenvalue weighted by Gasteiger charge is 2.20. The summed E-state index contributed by atoms with van der Waals surface area (Å²) >= 11 is 0. The molecule has 1 aliphatic rings. The molecule has 18 heavy (non-hydrogen) atoms. The molecule has 2 rings (SSSR count). The number of rotatable bonds is 3. The van der Waals surface area contributed by atoms with E-state index in [1.807, 2.05) is 0 Å². The maximum Gasteiger partial charge on any atom is 0.0446 e. The van der Waals surface area contributed by atoms with Gasteiger partial charge in [0, 0.05) is 37.5 Å². The van der Waals surface area contributed by atoms with Crippen LogP contribution < -0.4 is 10.2 Å². The number of nitrogens with zero attached hydrogens (tertiary/aromatic N) is 1. The van der Waals surface area contributed by atoms with E-state index >= 15 is 0 Å². The molecule has 1 aliphatic heterocycles. The summed E-state index contributed by atoms with van der Waals surface area (Å²) in [6.45, 7) is 6.66. The Hall–Kier alpha value is -1.06. The molecule has 0 spiro atoms. The van der Waals surface area contributed by atoms with E-state index in [1.54, 1.807) is 0 Å². The molecule has 1 saturated heterocycles. The van der Waals surface area contributed by atoms with Gasteiger partial charge >= 0.3 is 0 Å². The molecule has 0 aliphatic carbocycles. The van der Waals surface area contributed by atoms with E-state index in [0.717, 1.165) is 25.9 Å². The predicted octanol–water partition coefficient (Wildman–Crippen LogP) is 1.93. The first-order chi connectivity index (χ1) is 8.69. The van der Waals surface area contributed by atoms with Crippen molar-refractivity contribution < 1.29 is 5.11 Å². The smallest absolute Gasteiger partial charge is 0.0446 e. The molecule has 0 amide bonds. The zero-order valence-corrected chi connectivity index (χ0v) is 11.4. The summed E-state index contributed by atoms with van der Waals surface area (Å²) in [5.41, 5.74) is 2.59. The number of nitrogens with one attached hydrogen (secondary N) is 1. The molecular weight excluding hydrogens is 224 g/mol. The molecule has 2 atom stereocenters. The van der Waals surface area contributed by atoms with Gasteiger partial charge < -0.3 is 15.3 Å². The van der Waals surface area contributed by atoms with Gasteiger partial charge in [-0.15, -0.1) is 0 Å². The highest BCUT2D eigenvalue weighted by atomic mass is 16.3. The van der Waals surface area contributed by atoms with Gasteiger partial charge in [0.05, 0.1) is 0 Å². The van der Waals surface area contributed by atoms with Gasteiger partial charge in [-0.1, -0.05) is 17.7 Å². The average Bonchev–Trinajstić information content (AvgIpc) is 2.53. The van der Waals surface area contributed by atoms with Gasteiger partial charge in [0.1, 0.15) is 0 Å². The molecule has 0 saturated carbocycles. The van der Waals surface area contributed by atoms with Crippen molar-refractivity contribution in [1.82, 2.24) is 5.32 Å². The number of aryl methyl sites for hydroxylation is 1. The van der Waals surface area contributed by atoms with Gasteiger partial charge in [-0.25, -0.2) is 0 Å². The molecule has 1 fully saturated rings. The Morgan fingerprint density at radius 1 is 1.33 bits per heavy atom. The SMILES string of the molecule is Cc1ccc(N2CCC(C)NC(CCO)C2)cc1. The van der Waals surface area contributed by atoms with E-state index in [1.165, 1.54) is 11.3 Å². The Morgan fingerprint density at radius 2 is 2.06 bits per heavy atom. The molecule has 0 radical (unpaired) electrons. The van der Waals surface area contributed by atoms with Crippen molar-refractivity contribution in [3.8, 4) is 0 Å². The van der Waals surface area contributed by atoms with Crippen molar-refractivity contribution in [3.63, 3.8) is 0 Å². The van der Waals surface area contributed by atoms with Gasteiger partial charge in [0.25, 0.3) is 0 Å². The van der Waals surface area contributed by atoms with Crippen LogP contribution in [0.5, 0.6) is 0 Å². The molecule has 1 heterocycles. The van der Waals surface area contributed by atoms with E-state index in [0.29, 0.717) is 12.1 Å². The van der Waals surface area contributed by atoms with Crippen LogP contribution in [0, 0.1) is 6.92 Å². The van der Waals surface area contributed by atoms with E-state index in [-0.39, 0.29) is 6.61 Å². The third-order valence-electron chi connectivity index (χ3n) is 3.67. The van der Waals surface area contributed by atoms with Gasteiger partial charge in [0.2, 0.25) is 0 Å². The van der Waals surface area contributed by atoms with Crippen molar-refractivity contribution >= 4 is 5.69 Å². The van der Waals surface area contributed by atoms with E-state index in [4.69, 9.17) is 5.11 Å². The first-order valence-electron chi connectivity index (χ1n) is 6.87. The summed E-state index contributed by atoms with van der Waals surface area (Å²) in [6.07, 6.45) is 1.97. The van der Waals surface area contributed by atoms with Gasteiger partial charge in [-0.2, -0.15) is 0 Å². The minimum absolute atomic E-state index is 0.256. The fourth-order valence-electron chi connectivity index (χ4n) is 2.57. The van der Waals surface area contributed by atoms with Crippen LogP contribution >= 0.6 is 0 Å². The lowest BCUT2D eigenvalue weighted by molar-refractivity contribution is 0.263. The number of aliphatic hydroxyl groups excluding tert-OH is 1. The van der Waals surface area contributed by atoms with Crippen molar-refractivity contribution in [1.29, 1.82) is 0 Å². The minimum atomic E-state index is 0.256. The second-order valence-corrected chi connectivity index (χ2v) is 5.35. The van der Waals surface area contributed by atoms with Crippen LogP contribution in [0.4, 0.5) is 5.69 Å². The van der Waals surface area contributed by atoms with Crippen LogP contribution in [-0.2, 0) is 0 Å².